The number of nitro benzene ring substituents is 1. The number of hydrogen-bond donors (Lipinski definition) is 1. The molecule has 0 unspecified atom stereocenters. The Kier molecular flexibility index (Phi) is 6.47. The minimum Gasteiger partial charge on any atom is -0.496 e. The molecule has 3 rings (SSSR count). The Morgan fingerprint density at radius 3 is 2.59 bits per heavy atom. The topological polar surface area (TPSA) is 122 Å². The van der Waals surface area contributed by atoms with Gasteiger partial charge in [0.05, 0.1) is 24.6 Å². The Morgan fingerprint density at radius 1 is 1.28 bits per heavy atom. The zero-order valence-corrected chi connectivity index (χ0v) is 17.2. The Labute approximate surface area is 171 Å². The number of nitrogens with zero attached hydrogens (tertiary/aromatic N) is 3. The standard InChI is InChI=1S/C17H20N4O6S2/c1-27-13-4-5-14(15(11-13)21(23)24)18-16(22)12-19-6-8-20(9-7-19)29(25,26)17-3-2-10-28-17/h2-5,10-11H,6-9,12H2,1H3,(H,18,22). The van der Waals surface area contributed by atoms with Gasteiger partial charge in [-0.25, -0.2) is 8.42 Å². The summed E-state index contributed by atoms with van der Waals surface area (Å²) in [4.78, 5) is 24.8. The van der Waals surface area contributed by atoms with Crippen LogP contribution in [-0.4, -0.2) is 68.3 Å². The van der Waals surface area contributed by atoms with Gasteiger partial charge in [0.1, 0.15) is 15.6 Å². The predicted molar refractivity (Wildman–Crippen MR) is 108 cm³/mol. The van der Waals surface area contributed by atoms with Gasteiger partial charge in [-0.3, -0.25) is 19.8 Å². The zero-order valence-electron chi connectivity index (χ0n) is 15.6. The molecule has 0 atom stereocenters. The lowest BCUT2D eigenvalue weighted by atomic mass is 10.2. The Bertz CT molecular complexity index is 985. The molecule has 1 N–H and O–H groups in total. The van der Waals surface area contributed by atoms with E-state index in [9.17, 15) is 23.3 Å². The average molecular weight is 441 g/mol. The molecule has 10 nitrogen and oxygen atoms in total. The summed E-state index contributed by atoms with van der Waals surface area (Å²) in [5.41, 5.74) is -0.177. The van der Waals surface area contributed by atoms with Gasteiger partial charge in [-0.1, -0.05) is 6.07 Å². The second-order valence-electron chi connectivity index (χ2n) is 6.30. The summed E-state index contributed by atoms with van der Waals surface area (Å²) in [6.07, 6.45) is 0. The number of carbonyl (C=O) groups is 1. The average Bonchev–Trinajstić information content (AvgIpc) is 3.24. The number of methoxy groups -OCH3 is 1. The third kappa shape index (κ3) is 4.90. The van der Waals surface area contributed by atoms with Crippen LogP contribution < -0.4 is 10.1 Å². The first-order chi connectivity index (χ1) is 13.8. The van der Waals surface area contributed by atoms with Crippen molar-refractivity contribution >= 4 is 38.6 Å². The molecule has 1 aromatic heterocycles. The summed E-state index contributed by atoms with van der Waals surface area (Å²) in [6, 6.07) is 7.44. The monoisotopic (exact) mass is 440 g/mol. The van der Waals surface area contributed by atoms with Gasteiger partial charge >= 0.3 is 0 Å². The molecule has 1 aliphatic rings. The largest absolute Gasteiger partial charge is 0.496 e. The lowest BCUT2D eigenvalue weighted by molar-refractivity contribution is -0.384. The van der Waals surface area contributed by atoms with Gasteiger partial charge in [0.2, 0.25) is 5.91 Å². The maximum absolute atomic E-state index is 12.5. The van der Waals surface area contributed by atoms with E-state index in [0.717, 1.165) is 0 Å². The predicted octanol–water partition coefficient (Wildman–Crippen LogP) is 1.61. The zero-order chi connectivity index (χ0) is 21.0. The van der Waals surface area contributed by atoms with Crippen molar-refractivity contribution in [2.24, 2.45) is 0 Å². The van der Waals surface area contributed by atoms with Crippen LogP contribution in [0.4, 0.5) is 11.4 Å². The number of thiophene rings is 1. The van der Waals surface area contributed by atoms with Gasteiger partial charge in [-0.05, 0) is 23.6 Å². The molecule has 29 heavy (non-hydrogen) atoms. The minimum atomic E-state index is -3.50. The molecular weight excluding hydrogens is 420 g/mol. The second kappa shape index (κ2) is 8.86. The Morgan fingerprint density at radius 2 is 2.00 bits per heavy atom. The highest BCUT2D eigenvalue weighted by Crippen LogP contribution is 2.29. The Hall–Kier alpha value is -2.54. The molecule has 1 aliphatic heterocycles. The highest BCUT2D eigenvalue weighted by Gasteiger charge is 2.30. The van der Waals surface area contributed by atoms with Crippen molar-refractivity contribution in [3.8, 4) is 5.75 Å². The van der Waals surface area contributed by atoms with Gasteiger partial charge < -0.3 is 10.1 Å². The van der Waals surface area contributed by atoms with Gasteiger partial charge in [0, 0.05) is 26.2 Å². The molecule has 1 fully saturated rings. The van der Waals surface area contributed by atoms with Crippen LogP contribution in [0, 0.1) is 10.1 Å². The molecule has 1 aromatic carbocycles. The quantitative estimate of drug-likeness (QED) is 0.513. The van der Waals surface area contributed by atoms with Crippen molar-refractivity contribution in [2.45, 2.75) is 4.21 Å². The molecule has 0 bridgehead atoms. The number of sulfonamides is 1. The molecule has 0 saturated carbocycles. The van der Waals surface area contributed by atoms with E-state index >= 15 is 0 Å². The molecule has 156 valence electrons. The first kappa shape index (κ1) is 21.2. The smallest absolute Gasteiger partial charge is 0.296 e. The highest BCUT2D eigenvalue weighted by molar-refractivity contribution is 7.91. The summed E-state index contributed by atoms with van der Waals surface area (Å²) in [5, 5.41) is 15.5. The number of nitrogens with one attached hydrogen (secondary N) is 1. The van der Waals surface area contributed by atoms with Crippen molar-refractivity contribution in [3.63, 3.8) is 0 Å². The van der Waals surface area contributed by atoms with E-state index in [4.69, 9.17) is 4.74 Å². The van der Waals surface area contributed by atoms with E-state index in [2.05, 4.69) is 5.32 Å². The first-order valence-corrected chi connectivity index (χ1v) is 11.0. The number of anilines is 1. The Balaban J connectivity index is 1.57. The number of benzene rings is 1. The molecular formula is C17H20N4O6S2. The van der Waals surface area contributed by atoms with E-state index in [1.165, 1.54) is 41.0 Å². The van der Waals surface area contributed by atoms with E-state index < -0.39 is 20.9 Å². The van der Waals surface area contributed by atoms with Crippen molar-refractivity contribution < 1.29 is 22.9 Å². The second-order valence-corrected chi connectivity index (χ2v) is 9.41. The van der Waals surface area contributed by atoms with Crippen molar-refractivity contribution in [3.05, 3.63) is 45.8 Å². The molecule has 0 radical (unpaired) electrons. The third-order valence-corrected chi connectivity index (χ3v) is 7.74. The van der Waals surface area contributed by atoms with Crippen LogP contribution in [0.15, 0.2) is 39.9 Å². The van der Waals surface area contributed by atoms with Crippen molar-refractivity contribution in [2.75, 3.05) is 45.2 Å². The number of carbonyl (C=O) groups excluding carboxylic acids is 1. The molecule has 2 aromatic rings. The maximum Gasteiger partial charge on any atom is 0.296 e. The highest BCUT2D eigenvalue weighted by atomic mass is 32.2. The number of piperazine rings is 1. The summed E-state index contributed by atoms with van der Waals surface area (Å²) in [7, 11) is -2.10. The minimum absolute atomic E-state index is 0.00999. The summed E-state index contributed by atoms with van der Waals surface area (Å²) in [5.74, 6) is -0.0920. The van der Waals surface area contributed by atoms with Crippen molar-refractivity contribution in [1.29, 1.82) is 0 Å². The lowest BCUT2D eigenvalue weighted by Crippen LogP contribution is -2.50. The summed E-state index contributed by atoms with van der Waals surface area (Å²) >= 11 is 1.17. The normalized spacial score (nSPS) is 15.8. The van der Waals surface area contributed by atoms with Gasteiger partial charge in [-0.2, -0.15) is 4.31 Å². The van der Waals surface area contributed by atoms with E-state index in [0.29, 0.717) is 23.0 Å². The SMILES string of the molecule is COc1ccc(NC(=O)CN2CCN(S(=O)(=O)c3cccs3)CC2)c([N+](=O)[O-])c1. The van der Waals surface area contributed by atoms with Crippen LogP contribution in [0.3, 0.4) is 0 Å². The maximum atomic E-state index is 12.5. The van der Waals surface area contributed by atoms with Crippen LogP contribution in [0.2, 0.25) is 0 Å². The fourth-order valence-corrected chi connectivity index (χ4v) is 5.52. The van der Waals surface area contributed by atoms with E-state index in [-0.39, 0.29) is 31.0 Å². The summed E-state index contributed by atoms with van der Waals surface area (Å²) < 4.78 is 31.8. The van der Waals surface area contributed by atoms with Crippen LogP contribution in [0.1, 0.15) is 0 Å². The number of rotatable bonds is 7. The molecule has 2 heterocycles. The number of nitro groups is 1. The molecule has 0 spiro atoms. The van der Waals surface area contributed by atoms with Crippen LogP contribution >= 0.6 is 11.3 Å². The van der Waals surface area contributed by atoms with Gasteiger partial charge in [0.25, 0.3) is 15.7 Å². The van der Waals surface area contributed by atoms with Gasteiger partial charge in [-0.15, -0.1) is 11.3 Å². The number of hydrogen-bond acceptors (Lipinski definition) is 8. The first-order valence-electron chi connectivity index (χ1n) is 8.69. The third-order valence-electron chi connectivity index (χ3n) is 4.46. The molecule has 1 amide bonds. The van der Waals surface area contributed by atoms with Crippen LogP contribution in [0.5, 0.6) is 5.75 Å². The van der Waals surface area contributed by atoms with E-state index in [1.54, 1.807) is 17.5 Å². The number of ether oxygens (including phenoxy) is 1. The summed E-state index contributed by atoms with van der Waals surface area (Å²) in [6.45, 7) is 1.34. The molecule has 12 heteroatoms. The lowest BCUT2D eigenvalue weighted by Gasteiger charge is -2.33. The fourth-order valence-electron chi connectivity index (χ4n) is 2.95. The van der Waals surface area contributed by atoms with Crippen LogP contribution in [0.25, 0.3) is 0 Å². The molecule has 1 saturated heterocycles. The fraction of sp³-hybridized carbons (Fsp3) is 0.353. The molecule has 0 aliphatic carbocycles. The van der Waals surface area contributed by atoms with E-state index in [1.807, 2.05) is 4.90 Å². The van der Waals surface area contributed by atoms with Crippen molar-refractivity contribution in [1.82, 2.24) is 9.21 Å². The van der Waals surface area contributed by atoms with Gasteiger partial charge in [0.15, 0.2) is 0 Å². The number of amides is 1. The van der Waals surface area contributed by atoms with Crippen LogP contribution in [-0.2, 0) is 14.8 Å².